The van der Waals surface area contributed by atoms with Crippen LogP contribution in [-0.4, -0.2) is 22.5 Å². The van der Waals surface area contributed by atoms with E-state index in [4.69, 9.17) is 9.52 Å². The van der Waals surface area contributed by atoms with Crippen LogP contribution in [-0.2, 0) is 11.2 Å². The van der Waals surface area contributed by atoms with Crippen molar-refractivity contribution in [1.82, 2.24) is 0 Å². The first kappa shape index (κ1) is 24.6. The van der Waals surface area contributed by atoms with E-state index in [1.807, 2.05) is 0 Å². The first-order chi connectivity index (χ1) is 17.0. The van der Waals surface area contributed by atoms with Crippen molar-refractivity contribution in [2.45, 2.75) is 19.7 Å². The molecule has 0 saturated carbocycles. The molecule has 0 radical (unpaired) electrons. The van der Waals surface area contributed by atoms with Gasteiger partial charge < -0.3 is 19.4 Å². The van der Waals surface area contributed by atoms with Gasteiger partial charge in [-0.25, -0.2) is 9.59 Å². The van der Waals surface area contributed by atoms with Crippen LogP contribution in [0.25, 0.3) is 28.2 Å². The summed E-state index contributed by atoms with van der Waals surface area (Å²) in [7, 11) is 0. The molecule has 0 aliphatic heterocycles. The number of ether oxygens (including phenoxy) is 1. The molecule has 1 aromatic heterocycles. The summed E-state index contributed by atoms with van der Waals surface area (Å²) in [6.45, 7) is 1.61. The molecule has 0 amide bonds. The van der Waals surface area contributed by atoms with Crippen molar-refractivity contribution in [2.75, 3.05) is 0 Å². The summed E-state index contributed by atoms with van der Waals surface area (Å²) in [4.78, 5) is 23.8. The van der Waals surface area contributed by atoms with E-state index in [1.165, 1.54) is 24.3 Å². The normalized spacial score (nSPS) is 11.8. The van der Waals surface area contributed by atoms with Gasteiger partial charge in [-0.3, -0.25) is 0 Å². The highest BCUT2D eigenvalue weighted by Crippen LogP contribution is 2.34. The molecule has 0 saturated heterocycles. The van der Waals surface area contributed by atoms with Crippen LogP contribution in [0.4, 0.5) is 13.2 Å². The van der Waals surface area contributed by atoms with Crippen molar-refractivity contribution in [3.05, 3.63) is 99.4 Å². The molecule has 4 aromatic rings. The number of hydrogen-bond acceptors (Lipinski definition) is 5. The molecule has 36 heavy (non-hydrogen) atoms. The number of carbonyl (C=O) groups is 1. The Morgan fingerprint density at radius 3 is 2.31 bits per heavy atom. The SMILES string of the molecule is Cc1c(O)ccc2c(Cc3ccc(/C=C/C(=O)O)cc3)c(-c3ccc(OC(F)(F)F)cc3)c(=O)oc12. The van der Waals surface area contributed by atoms with Gasteiger partial charge in [0.1, 0.15) is 17.1 Å². The molecular weight excluding hydrogens is 477 g/mol. The zero-order valence-corrected chi connectivity index (χ0v) is 18.8. The van der Waals surface area contributed by atoms with Crippen molar-refractivity contribution in [1.29, 1.82) is 0 Å². The minimum atomic E-state index is -4.85. The quantitative estimate of drug-likeness (QED) is 0.249. The van der Waals surface area contributed by atoms with Crippen LogP contribution in [0.1, 0.15) is 22.3 Å². The number of phenolic OH excluding ortho intramolecular Hbond substituents is 1. The van der Waals surface area contributed by atoms with E-state index in [0.29, 0.717) is 27.6 Å². The van der Waals surface area contributed by atoms with Crippen molar-refractivity contribution >= 4 is 23.0 Å². The largest absolute Gasteiger partial charge is 0.573 e. The Labute approximate surface area is 202 Å². The molecule has 0 aliphatic rings. The molecule has 0 atom stereocenters. The predicted molar refractivity (Wildman–Crippen MR) is 127 cm³/mol. The number of rotatable bonds is 6. The number of alkyl halides is 3. The number of halogens is 3. The summed E-state index contributed by atoms with van der Waals surface area (Å²) >= 11 is 0. The third-order valence-corrected chi connectivity index (χ3v) is 5.56. The fourth-order valence-corrected chi connectivity index (χ4v) is 3.87. The highest BCUT2D eigenvalue weighted by molar-refractivity contribution is 5.90. The maximum absolute atomic E-state index is 13.1. The van der Waals surface area contributed by atoms with Crippen LogP contribution >= 0.6 is 0 Å². The topological polar surface area (TPSA) is 97.0 Å². The Morgan fingerprint density at radius 2 is 1.69 bits per heavy atom. The van der Waals surface area contributed by atoms with E-state index in [2.05, 4.69) is 4.74 Å². The summed E-state index contributed by atoms with van der Waals surface area (Å²) in [5, 5.41) is 19.5. The molecule has 9 heteroatoms. The number of benzene rings is 3. The maximum Gasteiger partial charge on any atom is 0.573 e. The van der Waals surface area contributed by atoms with Gasteiger partial charge in [0.2, 0.25) is 0 Å². The van der Waals surface area contributed by atoms with Gasteiger partial charge in [-0.2, -0.15) is 0 Å². The van der Waals surface area contributed by atoms with Crippen LogP contribution in [0.3, 0.4) is 0 Å². The molecular formula is C27H19F3O6. The zero-order chi connectivity index (χ0) is 26.0. The second-order valence-electron chi connectivity index (χ2n) is 7.99. The monoisotopic (exact) mass is 496 g/mol. The second-order valence-corrected chi connectivity index (χ2v) is 7.99. The Balaban J connectivity index is 1.83. The lowest BCUT2D eigenvalue weighted by molar-refractivity contribution is -0.274. The van der Waals surface area contributed by atoms with E-state index in [-0.39, 0.29) is 23.3 Å². The van der Waals surface area contributed by atoms with Gasteiger partial charge in [-0.05, 0) is 65.9 Å². The number of carboxylic acids is 1. The molecule has 184 valence electrons. The van der Waals surface area contributed by atoms with Crippen LogP contribution in [0, 0.1) is 6.92 Å². The average molecular weight is 496 g/mol. The standard InChI is InChI=1S/C27H19F3O6/c1-15-22(31)12-11-20-21(14-17-4-2-16(3-5-17)6-13-23(32)33)24(26(34)35-25(15)20)18-7-9-19(10-8-18)36-27(28,29)30/h2-13,31H,14H2,1H3,(H,32,33)/b13-6+. The Bertz CT molecular complexity index is 1520. The first-order valence-electron chi connectivity index (χ1n) is 10.7. The fourth-order valence-electron chi connectivity index (χ4n) is 3.87. The van der Waals surface area contributed by atoms with Crippen molar-refractivity contribution in [3.63, 3.8) is 0 Å². The molecule has 2 N–H and O–H groups in total. The average Bonchev–Trinajstić information content (AvgIpc) is 2.81. The third kappa shape index (κ3) is 5.41. The smallest absolute Gasteiger partial charge is 0.508 e. The first-order valence-corrected chi connectivity index (χ1v) is 10.7. The van der Waals surface area contributed by atoms with Gasteiger partial charge >= 0.3 is 18.0 Å². The summed E-state index contributed by atoms with van der Waals surface area (Å²) in [6, 6.07) is 15.0. The van der Waals surface area contributed by atoms with E-state index in [1.54, 1.807) is 37.3 Å². The maximum atomic E-state index is 13.1. The van der Waals surface area contributed by atoms with Gasteiger partial charge in [0, 0.05) is 17.0 Å². The summed E-state index contributed by atoms with van der Waals surface area (Å²) in [5.41, 5.74) is 2.39. The van der Waals surface area contributed by atoms with E-state index >= 15 is 0 Å². The Hall–Kier alpha value is -4.53. The van der Waals surface area contributed by atoms with Crippen LogP contribution in [0.5, 0.6) is 11.5 Å². The van der Waals surface area contributed by atoms with Crippen LogP contribution in [0.2, 0.25) is 0 Å². The number of fused-ring (bicyclic) bond motifs is 1. The zero-order valence-electron chi connectivity index (χ0n) is 18.8. The number of aromatic hydroxyl groups is 1. The van der Waals surface area contributed by atoms with Gasteiger partial charge in [-0.1, -0.05) is 36.4 Å². The second kappa shape index (κ2) is 9.61. The molecule has 0 bridgehead atoms. The van der Waals surface area contributed by atoms with Gasteiger partial charge in [0.05, 0.1) is 5.56 Å². The third-order valence-electron chi connectivity index (χ3n) is 5.56. The van der Waals surface area contributed by atoms with Crippen molar-refractivity contribution in [2.24, 2.45) is 0 Å². The molecule has 0 unspecified atom stereocenters. The minimum absolute atomic E-state index is 0.0485. The lowest BCUT2D eigenvalue weighted by Gasteiger charge is -2.15. The van der Waals surface area contributed by atoms with Crippen LogP contribution in [0.15, 0.2) is 76.0 Å². The van der Waals surface area contributed by atoms with Crippen molar-refractivity contribution < 1.29 is 37.3 Å². The number of carboxylic acid groups (broad SMARTS) is 1. The van der Waals surface area contributed by atoms with Gasteiger partial charge in [-0.15, -0.1) is 13.2 Å². The van der Waals surface area contributed by atoms with E-state index in [9.17, 15) is 27.9 Å². The molecule has 3 aromatic carbocycles. The highest BCUT2D eigenvalue weighted by atomic mass is 19.4. The lowest BCUT2D eigenvalue weighted by Crippen LogP contribution is -2.17. The molecule has 0 spiro atoms. The minimum Gasteiger partial charge on any atom is -0.508 e. The molecule has 1 heterocycles. The van der Waals surface area contributed by atoms with Crippen LogP contribution < -0.4 is 10.4 Å². The van der Waals surface area contributed by atoms with Gasteiger partial charge in [0.15, 0.2) is 0 Å². The summed E-state index contributed by atoms with van der Waals surface area (Å²) in [5.74, 6) is -1.55. The number of aliphatic carboxylic acids is 1. The predicted octanol–water partition coefficient (Wildman–Crippen LogP) is 6.06. The number of phenols is 1. The number of hydrogen-bond donors (Lipinski definition) is 2. The number of aryl methyl sites for hydroxylation is 1. The fraction of sp³-hybridized carbons (Fsp3) is 0.111. The summed E-state index contributed by atoms with van der Waals surface area (Å²) < 4.78 is 47.1. The highest BCUT2D eigenvalue weighted by Gasteiger charge is 2.31. The Kier molecular flexibility index (Phi) is 6.57. The molecule has 0 fully saturated rings. The van der Waals surface area contributed by atoms with Gasteiger partial charge in [0.25, 0.3) is 0 Å². The molecule has 4 rings (SSSR count). The lowest BCUT2D eigenvalue weighted by atomic mass is 9.92. The molecule has 6 nitrogen and oxygen atoms in total. The van der Waals surface area contributed by atoms with E-state index < -0.39 is 23.7 Å². The Morgan fingerprint density at radius 1 is 1.03 bits per heavy atom. The van der Waals surface area contributed by atoms with E-state index in [0.717, 1.165) is 23.8 Å². The molecule has 0 aliphatic carbocycles. The summed E-state index contributed by atoms with van der Waals surface area (Å²) in [6.07, 6.45) is -2.13. The van der Waals surface area contributed by atoms with Crippen molar-refractivity contribution in [3.8, 4) is 22.6 Å².